The molecule has 0 radical (unpaired) electrons. The molecule has 1 heterocycles. The Labute approximate surface area is 178 Å². The summed E-state index contributed by atoms with van der Waals surface area (Å²) in [6, 6.07) is 10.1. The summed E-state index contributed by atoms with van der Waals surface area (Å²) in [5.41, 5.74) is 0.988. The van der Waals surface area contributed by atoms with Crippen LogP contribution in [0, 0.1) is 20.2 Å². The summed E-state index contributed by atoms with van der Waals surface area (Å²) < 4.78 is 27.1. The minimum Gasteiger partial charge on any atom is -0.377 e. The Morgan fingerprint density at radius 1 is 0.935 bits per heavy atom. The average Bonchev–Trinajstić information content (AvgIpc) is 3.57. The van der Waals surface area contributed by atoms with Crippen LogP contribution in [-0.2, 0) is 10.0 Å². The van der Waals surface area contributed by atoms with Crippen LogP contribution in [0.25, 0.3) is 0 Å². The van der Waals surface area contributed by atoms with Gasteiger partial charge >= 0.3 is 0 Å². The van der Waals surface area contributed by atoms with E-state index in [1.807, 2.05) is 4.90 Å². The number of hydrogen-bond acceptors (Lipinski definition) is 8. The van der Waals surface area contributed by atoms with Crippen LogP contribution in [-0.4, -0.2) is 54.8 Å². The van der Waals surface area contributed by atoms with Crippen LogP contribution in [0.1, 0.15) is 12.8 Å². The van der Waals surface area contributed by atoms with Gasteiger partial charge in [-0.1, -0.05) is 6.07 Å². The van der Waals surface area contributed by atoms with E-state index in [2.05, 4.69) is 5.32 Å². The van der Waals surface area contributed by atoms with Crippen LogP contribution in [0.2, 0.25) is 0 Å². The van der Waals surface area contributed by atoms with E-state index in [4.69, 9.17) is 0 Å². The van der Waals surface area contributed by atoms with E-state index in [0.29, 0.717) is 18.8 Å². The molecule has 11 nitrogen and oxygen atoms in total. The average molecular weight is 447 g/mol. The van der Waals surface area contributed by atoms with Crippen molar-refractivity contribution in [3.05, 3.63) is 62.7 Å². The number of sulfonamides is 1. The van der Waals surface area contributed by atoms with Crippen molar-refractivity contribution in [3.8, 4) is 0 Å². The third-order valence-electron chi connectivity index (χ3n) is 5.38. The number of hydrogen-bond donors (Lipinski definition) is 1. The Morgan fingerprint density at radius 2 is 1.65 bits per heavy atom. The maximum absolute atomic E-state index is 12.9. The molecule has 0 bridgehead atoms. The molecular weight excluding hydrogens is 426 g/mol. The largest absolute Gasteiger partial charge is 0.377 e. The van der Waals surface area contributed by atoms with Gasteiger partial charge in [0.05, 0.1) is 14.7 Å². The molecular formula is C19H21N5O6S. The zero-order valence-corrected chi connectivity index (χ0v) is 17.3. The molecule has 164 valence electrons. The Kier molecular flexibility index (Phi) is 5.50. The van der Waals surface area contributed by atoms with Crippen LogP contribution >= 0.6 is 0 Å². The molecule has 1 N–H and O–H groups in total. The van der Waals surface area contributed by atoms with Gasteiger partial charge in [-0.2, -0.15) is 4.31 Å². The molecule has 2 aromatic rings. The highest BCUT2D eigenvalue weighted by atomic mass is 32.2. The van der Waals surface area contributed by atoms with Gasteiger partial charge in [0, 0.05) is 56.1 Å². The minimum absolute atomic E-state index is 0.0162. The summed E-state index contributed by atoms with van der Waals surface area (Å²) in [6.07, 6.45) is 1.96. The lowest BCUT2D eigenvalue weighted by molar-refractivity contribution is -0.385. The Bertz CT molecular complexity index is 1130. The predicted molar refractivity (Wildman–Crippen MR) is 114 cm³/mol. The number of benzene rings is 2. The van der Waals surface area contributed by atoms with E-state index in [1.54, 1.807) is 12.1 Å². The first kappa shape index (κ1) is 21.0. The van der Waals surface area contributed by atoms with Crippen molar-refractivity contribution in [2.45, 2.75) is 23.8 Å². The lowest BCUT2D eigenvalue weighted by atomic mass is 10.2. The predicted octanol–water partition coefficient (Wildman–Crippen LogP) is 2.59. The maximum atomic E-state index is 12.9. The molecule has 31 heavy (non-hydrogen) atoms. The lowest BCUT2D eigenvalue weighted by Gasteiger charge is -2.35. The summed E-state index contributed by atoms with van der Waals surface area (Å²) in [6.45, 7) is 1.20. The number of nitro benzene ring substituents is 2. The zero-order chi connectivity index (χ0) is 22.2. The number of nitro groups is 2. The molecule has 0 unspecified atom stereocenters. The van der Waals surface area contributed by atoms with Crippen molar-refractivity contribution in [1.29, 1.82) is 0 Å². The fourth-order valence-electron chi connectivity index (χ4n) is 3.54. The highest BCUT2D eigenvalue weighted by Gasteiger charge is 2.31. The summed E-state index contributed by atoms with van der Waals surface area (Å²) >= 11 is 0. The number of rotatable bonds is 7. The second-order valence-corrected chi connectivity index (χ2v) is 9.46. The van der Waals surface area contributed by atoms with Crippen molar-refractivity contribution in [3.63, 3.8) is 0 Å². The van der Waals surface area contributed by atoms with E-state index in [1.165, 1.54) is 28.6 Å². The molecule has 0 aromatic heterocycles. The summed E-state index contributed by atoms with van der Waals surface area (Å²) in [4.78, 5) is 23.1. The number of nitrogens with one attached hydrogen (secondary N) is 1. The summed E-state index contributed by atoms with van der Waals surface area (Å²) in [7, 11) is -3.86. The third-order valence-corrected chi connectivity index (χ3v) is 7.28. The fourth-order valence-corrected chi connectivity index (χ4v) is 5.00. The second kappa shape index (κ2) is 8.12. The maximum Gasteiger partial charge on any atom is 0.292 e. The second-order valence-electron chi connectivity index (χ2n) is 7.52. The number of piperazine rings is 1. The van der Waals surface area contributed by atoms with Crippen LogP contribution < -0.4 is 10.2 Å². The first-order valence-corrected chi connectivity index (χ1v) is 11.2. The molecule has 0 spiro atoms. The van der Waals surface area contributed by atoms with E-state index in [0.717, 1.165) is 24.6 Å². The van der Waals surface area contributed by atoms with Gasteiger partial charge in [0.2, 0.25) is 10.0 Å². The Morgan fingerprint density at radius 3 is 2.26 bits per heavy atom. The van der Waals surface area contributed by atoms with Crippen LogP contribution in [0.5, 0.6) is 0 Å². The first-order valence-electron chi connectivity index (χ1n) is 9.80. The molecule has 2 aliphatic rings. The normalized spacial score (nSPS) is 17.4. The Balaban J connectivity index is 1.49. The highest BCUT2D eigenvalue weighted by Crippen LogP contribution is 2.34. The van der Waals surface area contributed by atoms with E-state index >= 15 is 0 Å². The van der Waals surface area contributed by atoms with Gasteiger partial charge in [0.25, 0.3) is 11.4 Å². The third kappa shape index (κ3) is 4.44. The highest BCUT2D eigenvalue weighted by molar-refractivity contribution is 7.89. The monoisotopic (exact) mass is 447 g/mol. The van der Waals surface area contributed by atoms with Gasteiger partial charge in [0.1, 0.15) is 5.69 Å². The molecule has 1 saturated heterocycles. The molecule has 2 aromatic carbocycles. The van der Waals surface area contributed by atoms with Crippen LogP contribution in [0.3, 0.4) is 0 Å². The van der Waals surface area contributed by atoms with Crippen molar-refractivity contribution in [1.82, 2.24) is 4.31 Å². The lowest BCUT2D eigenvalue weighted by Crippen LogP contribution is -2.48. The number of anilines is 2. The van der Waals surface area contributed by atoms with Gasteiger partial charge in [-0.15, -0.1) is 0 Å². The molecule has 0 amide bonds. The molecule has 4 rings (SSSR count). The van der Waals surface area contributed by atoms with E-state index < -0.39 is 19.9 Å². The summed E-state index contributed by atoms with van der Waals surface area (Å²) in [5, 5.41) is 25.5. The smallest absolute Gasteiger partial charge is 0.292 e. The SMILES string of the molecule is O=[N+]([O-])c1cccc(S(=O)(=O)N2CCN(c3ccc([N+](=O)[O-])c(NC4CC4)c3)CC2)c1. The van der Waals surface area contributed by atoms with Gasteiger partial charge in [-0.3, -0.25) is 20.2 Å². The molecule has 0 atom stereocenters. The van der Waals surface area contributed by atoms with Crippen LogP contribution in [0.4, 0.5) is 22.7 Å². The minimum atomic E-state index is -3.86. The first-order chi connectivity index (χ1) is 14.8. The molecule has 12 heteroatoms. The van der Waals surface area contributed by atoms with Crippen molar-refractivity contribution in [2.24, 2.45) is 0 Å². The van der Waals surface area contributed by atoms with Gasteiger partial charge in [-0.05, 0) is 31.0 Å². The molecule has 1 aliphatic carbocycles. The van der Waals surface area contributed by atoms with Gasteiger partial charge in [0.15, 0.2) is 0 Å². The van der Waals surface area contributed by atoms with Gasteiger partial charge in [-0.25, -0.2) is 8.42 Å². The fraction of sp³-hybridized carbons (Fsp3) is 0.368. The summed E-state index contributed by atoms with van der Waals surface area (Å²) in [5.74, 6) is 0. The quantitative estimate of drug-likeness (QED) is 0.505. The van der Waals surface area contributed by atoms with E-state index in [9.17, 15) is 28.6 Å². The standard InChI is InChI=1S/C19H21N5O6S/c25-23(26)16-2-1-3-17(12-16)31(29,30)22-10-8-21(9-11-22)15-6-7-19(24(27)28)18(13-15)20-14-4-5-14/h1-3,6-7,12-14,20H,4-5,8-11H2. The molecule has 1 aliphatic heterocycles. The number of non-ortho nitro benzene ring substituents is 1. The van der Waals surface area contributed by atoms with Crippen LogP contribution in [0.15, 0.2) is 47.4 Å². The molecule has 1 saturated carbocycles. The zero-order valence-electron chi connectivity index (χ0n) is 16.5. The molecule has 2 fully saturated rings. The van der Waals surface area contributed by atoms with Crippen molar-refractivity contribution in [2.75, 3.05) is 36.4 Å². The van der Waals surface area contributed by atoms with E-state index in [-0.39, 0.29) is 35.4 Å². The van der Waals surface area contributed by atoms with Gasteiger partial charge < -0.3 is 10.2 Å². The van der Waals surface area contributed by atoms with Crippen molar-refractivity contribution >= 4 is 32.8 Å². The number of nitrogens with zero attached hydrogens (tertiary/aromatic N) is 4. The van der Waals surface area contributed by atoms with Crippen molar-refractivity contribution < 1.29 is 18.3 Å². The topological polar surface area (TPSA) is 139 Å². The Hall–Kier alpha value is -3.25.